The van der Waals surface area contributed by atoms with E-state index in [0.29, 0.717) is 34.9 Å². The monoisotopic (exact) mass is 316 g/mol. The van der Waals surface area contributed by atoms with Crippen molar-refractivity contribution in [2.75, 3.05) is 14.2 Å². The molecule has 1 fully saturated rings. The van der Waals surface area contributed by atoms with E-state index >= 15 is 0 Å². The maximum absolute atomic E-state index is 12.1. The van der Waals surface area contributed by atoms with E-state index < -0.39 is 0 Å². The molecule has 2 aromatic heterocycles. The molecule has 0 saturated heterocycles. The third-order valence-corrected chi connectivity index (χ3v) is 4.31. The van der Waals surface area contributed by atoms with Crippen LogP contribution in [0.3, 0.4) is 0 Å². The minimum absolute atomic E-state index is 0.129. The third-order valence-electron chi connectivity index (χ3n) is 4.31. The highest BCUT2D eigenvalue weighted by Crippen LogP contribution is 2.51. The van der Waals surface area contributed by atoms with Crippen LogP contribution >= 0.6 is 0 Å². The average Bonchev–Trinajstić information content (AvgIpc) is 3.35. The van der Waals surface area contributed by atoms with Crippen molar-refractivity contribution >= 4 is 0 Å². The average molecular weight is 316 g/mol. The van der Waals surface area contributed by atoms with Crippen LogP contribution in [-0.4, -0.2) is 34.4 Å². The van der Waals surface area contributed by atoms with Gasteiger partial charge in [0.1, 0.15) is 0 Å². The molecule has 1 aliphatic rings. The molecule has 0 amide bonds. The molecule has 2 aromatic rings. The summed E-state index contributed by atoms with van der Waals surface area (Å²) in [6, 6.07) is 2.04. The van der Waals surface area contributed by atoms with Crippen molar-refractivity contribution in [2.45, 2.75) is 26.2 Å². The van der Waals surface area contributed by atoms with Crippen molar-refractivity contribution in [1.82, 2.24) is 20.2 Å². The Hall–Kier alpha value is -2.44. The van der Waals surface area contributed by atoms with E-state index in [2.05, 4.69) is 34.0 Å². The summed E-state index contributed by atoms with van der Waals surface area (Å²) in [6.45, 7) is 4.36. The second-order valence-electron chi connectivity index (χ2n) is 6.07. The standard InChI is InChI=1S/C16H20N4O3/c1-8(2)9-5-10(9)11-6-13(19-20-14(11)21)12-7-17-16(23-4)18-15(12)22-3/h6-10H,5H2,1-4H3,(H,20,21)/t9-,10+/m1/s1. The van der Waals surface area contributed by atoms with Crippen molar-refractivity contribution in [1.29, 1.82) is 0 Å². The summed E-state index contributed by atoms with van der Waals surface area (Å²) in [5, 5.41) is 6.69. The topological polar surface area (TPSA) is 90.0 Å². The Labute approximate surface area is 134 Å². The van der Waals surface area contributed by atoms with Gasteiger partial charge >= 0.3 is 6.01 Å². The van der Waals surface area contributed by atoms with E-state index in [9.17, 15) is 4.79 Å². The summed E-state index contributed by atoms with van der Waals surface area (Å²) in [5.74, 6) is 1.78. The molecule has 0 spiro atoms. The maximum atomic E-state index is 12.1. The number of nitrogens with zero attached hydrogens (tertiary/aromatic N) is 3. The quantitative estimate of drug-likeness (QED) is 0.907. The van der Waals surface area contributed by atoms with Gasteiger partial charge in [-0.1, -0.05) is 13.8 Å². The van der Waals surface area contributed by atoms with Gasteiger partial charge in [-0.2, -0.15) is 10.1 Å². The summed E-state index contributed by atoms with van der Waals surface area (Å²) in [5.41, 5.74) is 1.85. The Morgan fingerprint density at radius 1 is 1.30 bits per heavy atom. The van der Waals surface area contributed by atoms with Crippen LogP contribution in [0.25, 0.3) is 11.3 Å². The van der Waals surface area contributed by atoms with Gasteiger partial charge in [-0.15, -0.1) is 0 Å². The van der Waals surface area contributed by atoms with Crippen molar-refractivity contribution in [3.8, 4) is 23.1 Å². The zero-order valence-corrected chi connectivity index (χ0v) is 13.7. The van der Waals surface area contributed by atoms with Gasteiger partial charge in [0.05, 0.1) is 25.5 Å². The molecule has 122 valence electrons. The molecule has 0 aliphatic heterocycles. The Bertz CT molecular complexity index is 772. The molecule has 7 nitrogen and oxygen atoms in total. The summed E-state index contributed by atoms with van der Waals surface area (Å²) >= 11 is 0. The first-order valence-corrected chi connectivity index (χ1v) is 7.60. The highest BCUT2D eigenvalue weighted by atomic mass is 16.5. The van der Waals surface area contributed by atoms with E-state index in [-0.39, 0.29) is 11.6 Å². The van der Waals surface area contributed by atoms with Gasteiger partial charge in [-0.25, -0.2) is 10.1 Å². The number of nitrogens with one attached hydrogen (secondary N) is 1. The first-order valence-electron chi connectivity index (χ1n) is 7.60. The predicted molar refractivity (Wildman–Crippen MR) is 84.7 cm³/mol. The molecule has 0 bridgehead atoms. The number of methoxy groups -OCH3 is 2. The van der Waals surface area contributed by atoms with Crippen LogP contribution in [0.1, 0.15) is 31.7 Å². The van der Waals surface area contributed by atoms with Gasteiger partial charge in [0.25, 0.3) is 5.56 Å². The lowest BCUT2D eigenvalue weighted by Gasteiger charge is -2.09. The van der Waals surface area contributed by atoms with Crippen LogP contribution in [0.4, 0.5) is 0 Å². The largest absolute Gasteiger partial charge is 0.480 e. The summed E-state index contributed by atoms with van der Waals surface area (Å²) in [6.07, 6.45) is 2.63. The van der Waals surface area contributed by atoms with Gasteiger partial charge in [-0.3, -0.25) is 4.79 Å². The summed E-state index contributed by atoms with van der Waals surface area (Å²) < 4.78 is 10.3. The smallest absolute Gasteiger partial charge is 0.319 e. The maximum Gasteiger partial charge on any atom is 0.319 e. The SMILES string of the molecule is COc1ncc(-c2cc([C@H]3C[C@@H]3C(C)C)c(=O)[nH]n2)c(OC)n1. The van der Waals surface area contributed by atoms with Crippen molar-refractivity contribution in [3.63, 3.8) is 0 Å². The number of rotatable bonds is 5. The van der Waals surface area contributed by atoms with Crippen LogP contribution < -0.4 is 15.0 Å². The molecule has 0 aromatic carbocycles. The van der Waals surface area contributed by atoms with E-state index in [0.717, 1.165) is 12.0 Å². The lowest BCUT2D eigenvalue weighted by molar-refractivity contribution is 0.353. The highest BCUT2D eigenvalue weighted by Gasteiger charge is 2.42. The summed E-state index contributed by atoms with van der Waals surface area (Å²) in [7, 11) is 3.01. The minimum Gasteiger partial charge on any atom is -0.480 e. The predicted octanol–water partition coefficient (Wildman–Crippen LogP) is 2.00. The molecule has 23 heavy (non-hydrogen) atoms. The zero-order chi connectivity index (χ0) is 16.6. The molecule has 0 radical (unpaired) electrons. The van der Waals surface area contributed by atoms with Gasteiger partial charge in [0, 0.05) is 11.8 Å². The Balaban J connectivity index is 2.00. The fourth-order valence-corrected chi connectivity index (χ4v) is 2.92. The van der Waals surface area contributed by atoms with Crippen LogP contribution in [0.2, 0.25) is 0 Å². The van der Waals surface area contributed by atoms with E-state index in [1.807, 2.05) is 6.07 Å². The number of ether oxygens (including phenoxy) is 2. The molecule has 1 N–H and O–H groups in total. The fraction of sp³-hybridized carbons (Fsp3) is 0.500. The molecule has 1 saturated carbocycles. The zero-order valence-electron chi connectivity index (χ0n) is 13.7. The van der Waals surface area contributed by atoms with Crippen molar-refractivity contribution in [3.05, 3.63) is 28.2 Å². The Kier molecular flexibility index (Phi) is 4.02. The van der Waals surface area contributed by atoms with Gasteiger partial charge in [-0.05, 0) is 30.2 Å². The van der Waals surface area contributed by atoms with E-state index in [1.165, 1.54) is 14.2 Å². The molecule has 2 heterocycles. The van der Waals surface area contributed by atoms with E-state index in [1.54, 1.807) is 6.20 Å². The third kappa shape index (κ3) is 2.91. The first kappa shape index (κ1) is 15.5. The number of H-pyrrole nitrogens is 1. The Morgan fingerprint density at radius 2 is 2.09 bits per heavy atom. The second-order valence-corrected chi connectivity index (χ2v) is 6.07. The highest BCUT2D eigenvalue weighted by molar-refractivity contribution is 5.64. The number of aromatic nitrogens is 4. The molecular weight excluding hydrogens is 296 g/mol. The minimum atomic E-state index is -0.129. The van der Waals surface area contributed by atoms with Crippen LogP contribution in [0.15, 0.2) is 17.1 Å². The lowest BCUT2D eigenvalue weighted by Crippen LogP contribution is -2.15. The Morgan fingerprint density at radius 3 is 2.70 bits per heavy atom. The molecule has 3 rings (SSSR count). The van der Waals surface area contributed by atoms with E-state index in [4.69, 9.17) is 9.47 Å². The summed E-state index contributed by atoms with van der Waals surface area (Å²) in [4.78, 5) is 20.4. The molecule has 1 aliphatic carbocycles. The van der Waals surface area contributed by atoms with Crippen LogP contribution in [0.5, 0.6) is 11.9 Å². The molecular formula is C16H20N4O3. The van der Waals surface area contributed by atoms with Crippen molar-refractivity contribution < 1.29 is 9.47 Å². The second kappa shape index (κ2) is 5.98. The number of aromatic amines is 1. The molecule has 7 heteroatoms. The van der Waals surface area contributed by atoms with Gasteiger partial charge < -0.3 is 9.47 Å². The molecule has 2 atom stereocenters. The van der Waals surface area contributed by atoms with Gasteiger partial charge in [0.2, 0.25) is 5.88 Å². The van der Waals surface area contributed by atoms with Crippen molar-refractivity contribution in [2.24, 2.45) is 11.8 Å². The van der Waals surface area contributed by atoms with Gasteiger partial charge in [0.15, 0.2) is 0 Å². The normalized spacial score (nSPS) is 19.7. The number of hydrogen-bond donors (Lipinski definition) is 1. The lowest BCUT2D eigenvalue weighted by atomic mass is 10.0. The fourth-order valence-electron chi connectivity index (χ4n) is 2.92. The van der Waals surface area contributed by atoms with Crippen LogP contribution in [-0.2, 0) is 0 Å². The molecule has 0 unspecified atom stereocenters. The van der Waals surface area contributed by atoms with Crippen LogP contribution in [0, 0.1) is 11.8 Å². The number of hydrogen-bond acceptors (Lipinski definition) is 6. The first-order chi connectivity index (χ1) is 11.0.